The number of carbonyl (C=O) groups is 1. The van der Waals surface area contributed by atoms with Crippen LogP contribution in [0.1, 0.15) is 31.2 Å². The number of amides is 1. The molecule has 0 saturated carbocycles. The maximum absolute atomic E-state index is 12.3. The summed E-state index contributed by atoms with van der Waals surface area (Å²) in [5.41, 5.74) is 2.61. The quantitative estimate of drug-likeness (QED) is 0.780. The van der Waals surface area contributed by atoms with Gasteiger partial charge in [0.1, 0.15) is 0 Å². The van der Waals surface area contributed by atoms with Crippen molar-refractivity contribution in [2.45, 2.75) is 38.1 Å². The van der Waals surface area contributed by atoms with Crippen LogP contribution in [-0.2, 0) is 11.2 Å². The van der Waals surface area contributed by atoms with Gasteiger partial charge < -0.3 is 20.2 Å². The van der Waals surface area contributed by atoms with E-state index < -0.39 is 0 Å². The third-order valence-corrected chi connectivity index (χ3v) is 4.69. The Labute approximate surface area is 135 Å². The van der Waals surface area contributed by atoms with Gasteiger partial charge in [-0.3, -0.25) is 4.79 Å². The zero-order valence-electron chi connectivity index (χ0n) is 13.5. The number of imidazole rings is 1. The Balaban J connectivity index is 1.48. The number of hydrogen-bond donors (Lipinski definition) is 3. The molecule has 1 aliphatic rings. The van der Waals surface area contributed by atoms with Gasteiger partial charge in [-0.2, -0.15) is 0 Å². The molecular formula is C17H24N4O2. The van der Waals surface area contributed by atoms with Gasteiger partial charge in [0.05, 0.1) is 11.0 Å². The first-order valence-electron chi connectivity index (χ1n) is 8.31. The average molecular weight is 316 g/mol. The molecule has 1 aromatic carbocycles. The van der Waals surface area contributed by atoms with E-state index in [1.54, 1.807) is 0 Å². The number of nitrogens with one attached hydrogen (secondary N) is 3. The van der Waals surface area contributed by atoms with E-state index in [-0.39, 0.29) is 11.6 Å². The molecule has 1 aliphatic heterocycles. The summed E-state index contributed by atoms with van der Waals surface area (Å²) >= 11 is 0. The van der Waals surface area contributed by atoms with Crippen molar-refractivity contribution >= 4 is 16.9 Å². The minimum Gasteiger partial charge on any atom is -0.343 e. The first kappa shape index (κ1) is 15.8. The van der Waals surface area contributed by atoms with Gasteiger partial charge in [0, 0.05) is 25.6 Å². The van der Waals surface area contributed by atoms with Crippen molar-refractivity contribution in [3.8, 4) is 0 Å². The number of aryl methyl sites for hydroxylation is 1. The van der Waals surface area contributed by atoms with E-state index in [2.05, 4.69) is 15.3 Å². The van der Waals surface area contributed by atoms with Gasteiger partial charge in [-0.15, -0.1) is 0 Å². The number of aromatic nitrogens is 2. The molecule has 2 heterocycles. The molecule has 124 valence electrons. The minimum atomic E-state index is -0.183. The van der Waals surface area contributed by atoms with Crippen molar-refractivity contribution in [1.82, 2.24) is 20.2 Å². The van der Waals surface area contributed by atoms with Crippen molar-refractivity contribution in [3.63, 3.8) is 0 Å². The zero-order chi connectivity index (χ0) is 16.2. The third kappa shape index (κ3) is 3.82. The second kappa shape index (κ2) is 7.00. The summed E-state index contributed by atoms with van der Waals surface area (Å²) in [6.07, 6.45) is 4.36. The van der Waals surface area contributed by atoms with Crippen LogP contribution in [0.3, 0.4) is 0 Å². The van der Waals surface area contributed by atoms with Crippen LogP contribution in [-0.4, -0.2) is 47.0 Å². The summed E-state index contributed by atoms with van der Waals surface area (Å²) in [6.45, 7) is 1.72. The standard InChI is InChI=1S/C17H24N4O2/c1-18-13-7-9-21(10-8-13)16(22)4-2-3-12-5-6-14-15(11-12)20-17(23)19-14/h5-6,11,13,18H,2-4,7-10H2,1H3,(H2,19,20,23). The molecule has 0 spiro atoms. The lowest BCUT2D eigenvalue weighted by Gasteiger charge is -2.31. The van der Waals surface area contributed by atoms with Crippen molar-refractivity contribution in [2.75, 3.05) is 20.1 Å². The minimum absolute atomic E-state index is 0.183. The van der Waals surface area contributed by atoms with Crippen LogP contribution in [0.2, 0.25) is 0 Å². The number of likely N-dealkylation sites (tertiary alicyclic amines) is 1. The van der Waals surface area contributed by atoms with Gasteiger partial charge in [-0.1, -0.05) is 6.07 Å². The number of rotatable bonds is 5. The van der Waals surface area contributed by atoms with E-state index in [4.69, 9.17) is 0 Å². The van der Waals surface area contributed by atoms with Crippen molar-refractivity contribution in [3.05, 3.63) is 34.2 Å². The van der Waals surface area contributed by atoms with E-state index in [0.717, 1.165) is 55.4 Å². The molecule has 0 atom stereocenters. The molecule has 1 saturated heterocycles. The first-order valence-corrected chi connectivity index (χ1v) is 8.31. The van der Waals surface area contributed by atoms with Gasteiger partial charge in [0.2, 0.25) is 5.91 Å². The fraction of sp³-hybridized carbons (Fsp3) is 0.529. The summed E-state index contributed by atoms with van der Waals surface area (Å²) in [7, 11) is 1.98. The number of carbonyl (C=O) groups excluding carboxylic acids is 1. The largest absolute Gasteiger partial charge is 0.343 e. The smallest absolute Gasteiger partial charge is 0.323 e. The SMILES string of the molecule is CNC1CCN(C(=O)CCCc2ccc3[nH]c(=O)[nH]c3c2)CC1. The lowest BCUT2D eigenvalue weighted by Crippen LogP contribution is -2.43. The maximum Gasteiger partial charge on any atom is 0.323 e. The van der Waals surface area contributed by atoms with E-state index in [0.29, 0.717) is 12.5 Å². The second-order valence-electron chi connectivity index (χ2n) is 6.26. The van der Waals surface area contributed by atoms with Gasteiger partial charge in [0.25, 0.3) is 0 Å². The molecular weight excluding hydrogens is 292 g/mol. The predicted octanol–water partition coefficient (Wildman–Crippen LogP) is 1.39. The van der Waals surface area contributed by atoms with Crippen molar-refractivity contribution < 1.29 is 4.79 Å². The topological polar surface area (TPSA) is 81.0 Å². The molecule has 23 heavy (non-hydrogen) atoms. The monoisotopic (exact) mass is 316 g/mol. The Bertz CT molecular complexity index is 726. The van der Waals surface area contributed by atoms with Crippen LogP contribution in [0.25, 0.3) is 11.0 Å². The highest BCUT2D eigenvalue weighted by molar-refractivity contribution is 5.76. The van der Waals surface area contributed by atoms with Crippen molar-refractivity contribution in [2.24, 2.45) is 0 Å². The molecule has 2 aromatic rings. The Kier molecular flexibility index (Phi) is 4.81. The van der Waals surface area contributed by atoms with Crippen LogP contribution >= 0.6 is 0 Å². The van der Waals surface area contributed by atoms with Gasteiger partial charge in [0.15, 0.2) is 0 Å². The number of benzene rings is 1. The summed E-state index contributed by atoms with van der Waals surface area (Å²) in [5.74, 6) is 0.260. The van der Waals surface area contributed by atoms with Crippen LogP contribution in [0, 0.1) is 0 Å². The van der Waals surface area contributed by atoms with Gasteiger partial charge in [-0.05, 0) is 50.4 Å². The highest BCUT2D eigenvalue weighted by Crippen LogP contribution is 2.15. The Morgan fingerprint density at radius 2 is 2.00 bits per heavy atom. The van der Waals surface area contributed by atoms with Crippen LogP contribution in [0.4, 0.5) is 0 Å². The van der Waals surface area contributed by atoms with Crippen molar-refractivity contribution in [1.29, 1.82) is 0 Å². The summed E-state index contributed by atoms with van der Waals surface area (Å²) in [6, 6.07) is 6.45. The molecule has 6 nitrogen and oxygen atoms in total. The Hall–Kier alpha value is -2.08. The fourth-order valence-electron chi connectivity index (χ4n) is 3.25. The van der Waals surface area contributed by atoms with E-state index in [9.17, 15) is 9.59 Å². The molecule has 0 radical (unpaired) electrons. The van der Waals surface area contributed by atoms with E-state index in [1.807, 2.05) is 30.1 Å². The van der Waals surface area contributed by atoms with Gasteiger partial charge in [-0.25, -0.2) is 4.79 Å². The van der Waals surface area contributed by atoms with Crippen LogP contribution < -0.4 is 11.0 Å². The molecule has 1 amide bonds. The predicted molar refractivity (Wildman–Crippen MR) is 90.5 cm³/mol. The molecule has 6 heteroatoms. The molecule has 0 unspecified atom stereocenters. The number of fused-ring (bicyclic) bond motifs is 1. The summed E-state index contributed by atoms with van der Waals surface area (Å²) in [5, 5.41) is 3.28. The first-order chi connectivity index (χ1) is 11.2. The number of aromatic amines is 2. The molecule has 1 aromatic heterocycles. The van der Waals surface area contributed by atoms with E-state index in [1.165, 1.54) is 0 Å². The lowest BCUT2D eigenvalue weighted by molar-refractivity contribution is -0.132. The normalized spacial score (nSPS) is 16.1. The summed E-state index contributed by atoms with van der Waals surface area (Å²) in [4.78, 5) is 31.0. The zero-order valence-corrected chi connectivity index (χ0v) is 13.5. The van der Waals surface area contributed by atoms with Gasteiger partial charge >= 0.3 is 5.69 Å². The Morgan fingerprint density at radius 1 is 1.26 bits per heavy atom. The molecule has 1 fully saturated rings. The molecule has 3 rings (SSSR count). The van der Waals surface area contributed by atoms with Crippen LogP contribution in [0.15, 0.2) is 23.0 Å². The lowest BCUT2D eigenvalue weighted by atomic mass is 10.0. The number of hydrogen-bond acceptors (Lipinski definition) is 3. The second-order valence-corrected chi connectivity index (χ2v) is 6.26. The molecule has 0 aliphatic carbocycles. The van der Waals surface area contributed by atoms with E-state index >= 15 is 0 Å². The molecule has 0 bridgehead atoms. The highest BCUT2D eigenvalue weighted by Gasteiger charge is 2.21. The average Bonchev–Trinajstić information content (AvgIpc) is 2.94. The third-order valence-electron chi connectivity index (χ3n) is 4.69. The maximum atomic E-state index is 12.3. The number of H-pyrrole nitrogens is 2. The Morgan fingerprint density at radius 3 is 2.74 bits per heavy atom. The molecule has 3 N–H and O–H groups in total. The fourth-order valence-corrected chi connectivity index (χ4v) is 3.25. The summed E-state index contributed by atoms with van der Waals surface area (Å²) < 4.78 is 0. The van der Waals surface area contributed by atoms with Crippen LogP contribution in [0.5, 0.6) is 0 Å². The highest BCUT2D eigenvalue weighted by atomic mass is 16.2. The number of piperidine rings is 1. The number of nitrogens with zero attached hydrogens (tertiary/aromatic N) is 1.